The molecule has 0 N–H and O–H groups in total. The van der Waals surface area contributed by atoms with Gasteiger partial charge >= 0.3 is 5.97 Å². The van der Waals surface area contributed by atoms with Gasteiger partial charge in [0.2, 0.25) is 0 Å². The fourth-order valence-electron chi connectivity index (χ4n) is 3.26. The summed E-state index contributed by atoms with van der Waals surface area (Å²) in [6.07, 6.45) is -0.708. The summed E-state index contributed by atoms with van der Waals surface area (Å²) in [7, 11) is 2.93. The van der Waals surface area contributed by atoms with Crippen LogP contribution in [0.2, 0.25) is 5.02 Å². The lowest BCUT2D eigenvalue weighted by Crippen LogP contribution is -2.46. The maximum Gasteiger partial charge on any atom is 0.347 e. The molecule has 1 unspecified atom stereocenters. The first-order valence-electron chi connectivity index (χ1n) is 9.61. The van der Waals surface area contributed by atoms with E-state index >= 15 is 0 Å². The second kappa shape index (κ2) is 9.09. The van der Waals surface area contributed by atoms with Gasteiger partial charge in [-0.3, -0.25) is 4.79 Å². The Labute approximate surface area is 186 Å². The number of hydrogen-bond acceptors (Lipinski definition) is 6. The molecule has 164 valence electrons. The van der Waals surface area contributed by atoms with E-state index in [1.165, 1.54) is 14.2 Å². The summed E-state index contributed by atoms with van der Waals surface area (Å²) in [5, 5.41) is 1.49. The zero-order valence-corrected chi connectivity index (χ0v) is 18.7. The highest BCUT2D eigenvalue weighted by atomic mass is 35.5. The van der Waals surface area contributed by atoms with Crippen molar-refractivity contribution in [1.29, 1.82) is 0 Å². The van der Waals surface area contributed by atoms with E-state index in [4.69, 9.17) is 30.6 Å². The number of hydroxylamine groups is 2. The molecule has 3 rings (SSSR count). The summed E-state index contributed by atoms with van der Waals surface area (Å²) in [5.74, 6) is -0.690. The first-order chi connectivity index (χ1) is 14.7. The van der Waals surface area contributed by atoms with Crippen LogP contribution in [0.1, 0.15) is 36.7 Å². The minimum Gasteiger partial charge on any atom is -0.496 e. The molecule has 1 aliphatic rings. The smallest absolute Gasteiger partial charge is 0.347 e. The number of rotatable bonds is 7. The highest BCUT2D eigenvalue weighted by molar-refractivity contribution is 6.35. The molecule has 1 amide bonds. The molecule has 0 saturated heterocycles. The number of halogens is 1. The average molecular weight is 446 g/mol. The molecule has 1 heterocycles. The molecule has 0 aromatic heterocycles. The second-order valence-corrected chi connectivity index (χ2v) is 7.75. The van der Waals surface area contributed by atoms with Crippen molar-refractivity contribution in [2.24, 2.45) is 0 Å². The Bertz CT molecular complexity index is 1030. The third-order valence-corrected chi connectivity index (χ3v) is 5.27. The minimum atomic E-state index is -1.13. The molecule has 0 bridgehead atoms. The van der Waals surface area contributed by atoms with Crippen molar-refractivity contribution >= 4 is 29.1 Å². The van der Waals surface area contributed by atoms with Gasteiger partial charge in [0, 0.05) is 17.7 Å². The predicted molar refractivity (Wildman–Crippen MR) is 115 cm³/mol. The standard InChI is InChI=1S/C23H24ClNO6/c1-14(28-4)31-25-21(26)19(15-10-6-8-12-17(15)24)20(23(25,2)3)30-22(27)16-11-7-9-13-18(16)29-5/h6-14H,1-5H3. The highest BCUT2D eigenvalue weighted by Gasteiger charge is 2.50. The quantitative estimate of drug-likeness (QED) is 0.462. The lowest BCUT2D eigenvalue weighted by Gasteiger charge is -2.33. The van der Waals surface area contributed by atoms with E-state index in [2.05, 4.69) is 0 Å². The van der Waals surface area contributed by atoms with Gasteiger partial charge in [0.1, 0.15) is 22.6 Å². The fourth-order valence-corrected chi connectivity index (χ4v) is 3.49. The number of para-hydroxylation sites is 1. The van der Waals surface area contributed by atoms with Crippen LogP contribution in [-0.4, -0.2) is 43.0 Å². The van der Waals surface area contributed by atoms with E-state index in [1.54, 1.807) is 69.3 Å². The Morgan fingerprint density at radius 1 is 1.06 bits per heavy atom. The van der Waals surface area contributed by atoms with Gasteiger partial charge in [-0.1, -0.05) is 41.9 Å². The molecule has 1 atom stereocenters. The van der Waals surface area contributed by atoms with Crippen molar-refractivity contribution in [3.8, 4) is 5.75 Å². The zero-order valence-electron chi connectivity index (χ0n) is 18.0. The minimum absolute atomic E-state index is 0.116. The van der Waals surface area contributed by atoms with Crippen molar-refractivity contribution in [3.63, 3.8) is 0 Å². The molecular formula is C23H24ClNO6. The van der Waals surface area contributed by atoms with Gasteiger partial charge in [-0.05, 0) is 39.0 Å². The molecule has 2 aromatic rings. The molecule has 31 heavy (non-hydrogen) atoms. The molecule has 8 heteroatoms. The first-order valence-corrected chi connectivity index (χ1v) is 9.99. The van der Waals surface area contributed by atoms with E-state index in [9.17, 15) is 9.59 Å². The van der Waals surface area contributed by atoms with Crippen molar-refractivity contribution < 1.29 is 28.6 Å². The molecule has 0 spiro atoms. The fraction of sp³-hybridized carbons (Fsp3) is 0.304. The Hall–Kier alpha value is -2.87. The van der Waals surface area contributed by atoms with Crippen LogP contribution in [0.25, 0.3) is 5.57 Å². The van der Waals surface area contributed by atoms with Gasteiger partial charge in [-0.25, -0.2) is 14.7 Å². The first kappa shape index (κ1) is 22.8. The molecule has 0 radical (unpaired) electrons. The lowest BCUT2D eigenvalue weighted by molar-refractivity contribution is -0.276. The van der Waals surface area contributed by atoms with Crippen LogP contribution in [0.5, 0.6) is 5.75 Å². The zero-order chi connectivity index (χ0) is 22.8. The third-order valence-electron chi connectivity index (χ3n) is 4.94. The third kappa shape index (κ3) is 4.30. The van der Waals surface area contributed by atoms with E-state index in [1.807, 2.05) is 0 Å². The van der Waals surface area contributed by atoms with Gasteiger partial charge in [0.25, 0.3) is 5.91 Å². The Morgan fingerprint density at radius 2 is 1.71 bits per heavy atom. The number of ether oxygens (including phenoxy) is 3. The number of hydrogen-bond donors (Lipinski definition) is 0. The van der Waals surface area contributed by atoms with E-state index < -0.39 is 23.7 Å². The monoisotopic (exact) mass is 445 g/mol. The van der Waals surface area contributed by atoms with Crippen LogP contribution in [0.15, 0.2) is 54.3 Å². The summed E-state index contributed by atoms with van der Waals surface area (Å²) < 4.78 is 16.2. The number of methoxy groups -OCH3 is 2. The number of benzene rings is 2. The summed E-state index contributed by atoms with van der Waals surface area (Å²) in [6, 6.07) is 13.5. The molecule has 7 nitrogen and oxygen atoms in total. The largest absolute Gasteiger partial charge is 0.496 e. The van der Waals surface area contributed by atoms with Crippen LogP contribution in [0.3, 0.4) is 0 Å². The Kier molecular flexibility index (Phi) is 6.69. The molecule has 0 aliphatic carbocycles. The maximum atomic E-state index is 13.4. The maximum absolute atomic E-state index is 13.4. The molecule has 0 fully saturated rings. The lowest BCUT2D eigenvalue weighted by atomic mass is 9.99. The van der Waals surface area contributed by atoms with Crippen LogP contribution in [0.4, 0.5) is 0 Å². The van der Waals surface area contributed by atoms with E-state index in [0.717, 1.165) is 5.06 Å². The van der Waals surface area contributed by atoms with E-state index in [-0.39, 0.29) is 16.9 Å². The van der Waals surface area contributed by atoms with Crippen LogP contribution < -0.4 is 4.74 Å². The highest BCUT2D eigenvalue weighted by Crippen LogP contribution is 2.43. The molecule has 1 aliphatic heterocycles. The molecule has 2 aromatic carbocycles. The Morgan fingerprint density at radius 3 is 2.35 bits per heavy atom. The number of esters is 1. The number of carbonyl (C=O) groups is 2. The summed E-state index contributed by atoms with van der Waals surface area (Å²) in [6.45, 7) is 5.07. The normalized spacial score (nSPS) is 16.5. The van der Waals surface area contributed by atoms with Gasteiger partial charge < -0.3 is 14.2 Å². The second-order valence-electron chi connectivity index (χ2n) is 7.34. The molecule has 0 saturated carbocycles. The summed E-state index contributed by atoms with van der Waals surface area (Å²) in [5.41, 5.74) is -0.331. The average Bonchev–Trinajstić information content (AvgIpc) is 2.94. The van der Waals surface area contributed by atoms with Crippen LogP contribution in [-0.2, 0) is 19.1 Å². The SMILES string of the molecule is COc1ccccc1C(=O)OC1=C(c2ccccc2Cl)C(=O)N(OC(C)OC)C1(C)C. The van der Waals surface area contributed by atoms with Crippen LogP contribution >= 0.6 is 11.6 Å². The number of carbonyl (C=O) groups excluding carboxylic acids is 2. The van der Waals surface area contributed by atoms with Crippen molar-refractivity contribution in [1.82, 2.24) is 5.06 Å². The summed E-state index contributed by atoms with van der Waals surface area (Å²) in [4.78, 5) is 32.1. The van der Waals surface area contributed by atoms with E-state index in [0.29, 0.717) is 16.3 Å². The predicted octanol–water partition coefficient (Wildman–Crippen LogP) is 4.46. The van der Waals surface area contributed by atoms with Gasteiger partial charge in [0.05, 0.1) is 12.7 Å². The topological polar surface area (TPSA) is 74.3 Å². The van der Waals surface area contributed by atoms with Crippen molar-refractivity contribution in [2.45, 2.75) is 32.6 Å². The number of nitrogens with zero attached hydrogens (tertiary/aromatic N) is 1. The van der Waals surface area contributed by atoms with Crippen LogP contribution in [0, 0.1) is 0 Å². The Balaban J connectivity index is 2.11. The van der Waals surface area contributed by atoms with Gasteiger partial charge in [-0.15, -0.1) is 0 Å². The van der Waals surface area contributed by atoms with Crippen molar-refractivity contribution in [2.75, 3.05) is 14.2 Å². The van der Waals surface area contributed by atoms with Gasteiger partial charge in [0.15, 0.2) is 6.29 Å². The number of amides is 1. The van der Waals surface area contributed by atoms with Crippen molar-refractivity contribution in [3.05, 3.63) is 70.4 Å². The molecular weight excluding hydrogens is 422 g/mol. The van der Waals surface area contributed by atoms with Gasteiger partial charge in [-0.2, -0.15) is 0 Å². The summed E-state index contributed by atoms with van der Waals surface area (Å²) >= 11 is 6.38.